The van der Waals surface area contributed by atoms with Crippen LogP contribution in [0.4, 0.5) is 0 Å². The van der Waals surface area contributed by atoms with E-state index < -0.39 is 0 Å². The molecule has 0 amide bonds. The highest BCUT2D eigenvalue weighted by molar-refractivity contribution is 5.54. The maximum atomic E-state index is 5.98. The van der Waals surface area contributed by atoms with Crippen molar-refractivity contribution >= 4 is 12.2 Å². The summed E-state index contributed by atoms with van der Waals surface area (Å²) < 4.78 is 0. The summed E-state index contributed by atoms with van der Waals surface area (Å²) in [4.78, 5) is 0. The molecule has 0 bridgehead atoms. The molecule has 0 aliphatic carbocycles. The number of nitrogens with two attached hydrogens (primary N) is 1. The minimum Gasteiger partial charge on any atom is -0.402 e. The van der Waals surface area contributed by atoms with Crippen LogP contribution < -0.4 is 5.73 Å². The highest BCUT2D eigenvalue weighted by Crippen LogP contribution is 2.08. The Morgan fingerprint density at radius 2 is 1.39 bits per heavy atom. The Morgan fingerprint density at radius 3 is 2.00 bits per heavy atom. The third-order valence-corrected chi connectivity index (χ3v) is 2.62. The van der Waals surface area contributed by atoms with E-state index in [-0.39, 0.29) is 0 Å². The van der Waals surface area contributed by atoms with Gasteiger partial charge in [-0.2, -0.15) is 0 Å². The van der Waals surface area contributed by atoms with Gasteiger partial charge in [-0.25, -0.2) is 0 Å². The second kappa shape index (κ2) is 6.45. The van der Waals surface area contributed by atoms with Crippen molar-refractivity contribution in [1.82, 2.24) is 0 Å². The van der Waals surface area contributed by atoms with Gasteiger partial charge in [-0.15, -0.1) is 0 Å². The molecule has 0 fully saturated rings. The Morgan fingerprint density at radius 1 is 0.833 bits per heavy atom. The largest absolute Gasteiger partial charge is 0.402 e. The maximum Gasteiger partial charge on any atom is 0.0125 e. The molecule has 0 spiro atoms. The molecule has 90 valence electrons. The lowest BCUT2D eigenvalue weighted by molar-refractivity contribution is 1.19. The molecule has 2 N–H and O–H groups in total. The molecular weight excluding hydrogens is 218 g/mol. The maximum absolute atomic E-state index is 5.98. The quantitative estimate of drug-likeness (QED) is 0.848. The summed E-state index contributed by atoms with van der Waals surface area (Å²) >= 11 is 0. The number of hydrogen-bond acceptors (Lipinski definition) is 1. The Balaban J connectivity index is 1.94. The predicted molar refractivity (Wildman–Crippen MR) is 78.7 cm³/mol. The van der Waals surface area contributed by atoms with Crippen LogP contribution in [0.5, 0.6) is 0 Å². The fourth-order valence-electron chi connectivity index (χ4n) is 1.72. The van der Waals surface area contributed by atoms with Gasteiger partial charge in [-0.1, -0.05) is 72.8 Å². The van der Waals surface area contributed by atoms with Gasteiger partial charge in [0.15, 0.2) is 0 Å². The Hall–Kier alpha value is -2.28. The van der Waals surface area contributed by atoms with Gasteiger partial charge in [-0.3, -0.25) is 0 Å². The highest BCUT2D eigenvalue weighted by Gasteiger charge is 1.89. The van der Waals surface area contributed by atoms with Gasteiger partial charge in [-0.05, 0) is 17.2 Å². The van der Waals surface area contributed by atoms with Gasteiger partial charge < -0.3 is 5.73 Å². The zero-order valence-electron chi connectivity index (χ0n) is 10.3. The zero-order chi connectivity index (χ0) is 12.6. The van der Waals surface area contributed by atoms with Gasteiger partial charge >= 0.3 is 0 Å². The van der Waals surface area contributed by atoms with E-state index in [0.717, 1.165) is 17.7 Å². The van der Waals surface area contributed by atoms with Crippen LogP contribution in [0.1, 0.15) is 17.5 Å². The Labute approximate surface area is 108 Å². The molecule has 0 saturated heterocycles. The first-order valence-electron chi connectivity index (χ1n) is 6.07. The number of hydrogen-bond donors (Lipinski definition) is 1. The molecule has 0 aliphatic heterocycles. The smallest absolute Gasteiger partial charge is 0.0125 e. The molecule has 0 atom stereocenters. The van der Waals surface area contributed by atoms with Crippen molar-refractivity contribution in [2.75, 3.05) is 0 Å². The number of benzene rings is 2. The van der Waals surface area contributed by atoms with Gasteiger partial charge in [0.1, 0.15) is 0 Å². The van der Waals surface area contributed by atoms with E-state index >= 15 is 0 Å². The molecule has 18 heavy (non-hydrogen) atoms. The fourth-order valence-corrected chi connectivity index (χ4v) is 1.72. The first kappa shape index (κ1) is 12.2. The van der Waals surface area contributed by atoms with Gasteiger partial charge in [0, 0.05) is 12.1 Å². The molecule has 0 unspecified atom stereocenters. The normalized spacial score (nSPS) is 11.9. The molecule has 1 nitrogen and oxygen atoms in total. The first-order chi connectivity index (χ1) is 8.84. The molecule has 0 heterocycles. The van der Waals surface area contributed by atoms with Crippen molar-refractivity contribution in [1.29, 1.82) is 0 Å². The molecule has 2 aromatic carbocycles. The molecule has 2 rings (SSSR count). The highest BCUT2D eigenvalue weighted by atomic mass is 14.6. The summed E-state index contributed by atoms with van der Waals surface area (Å²) in [5, 5.41) is 0. The van der Waals surface area contributed by atoms with Crippen molar-refractivity contribution in [3.05, 3.63) is 83.6 Å². The van der Waals surface area contributed by atoms with E-state index in [0.29, 0.717) is 0 Å². The lowest BCUT2D eigenvalue weighted by atomic mass is 10.1. The van der Waals surface area contributed by atoms with Crippen LogP contribution in [0.3, 0.4) is 0 Å². The van der Waals surface area contributed by atoms with Crippen molar-refractivity contribution in [2.45, 2.75) is 6.42 Å². The van der Waals surface area contributed by atoms with Crippen molar-refractivity contribution < 1.29 is 0 Å². The van der Waals surface area contributed by atoms with Crippen LogP contribution in [0, 0.1) is 0 Å². The van der Waals surface area contributed by atoms with E-state index in [1.807, 2.05) is 54.6 Å². The SMILES string of the molecule is NC(=Cc1ccccc1)CC=Cc1ccccc1. The summed E-state index contributed by atoms with van der Waals surface area (Å²) in [5.41, 5.74) is 9.19. The minimum absolute atomic E-state index is 0.768. The van der Waals surface area contributed by atoms with E-state index in [2.05, 4.69) is 24.3 Å². The van der Waals surface area contributed by atoms with Crippen molar-refractivity contribution in [3.63, 3.8) is 0 Å². The third kappa shape index (κ3) is 3.95. The molecule has 1 heteroatoms. The average molecular weight is 235 g/mol. The molecule has 0 saturated carbocycles. The van der Waals surface area contributed by atoms with E-state index in [4.69, 9.17) is 5.73 Å². The van der Waals surface area contributed by atoms with E-state index in [9.17, 15) is 0 Å². The minimum atomic E-state index is 0.768. The van der Waals surface area contributed by atoms with Crippen LogP contribution in [0.2, 0.25) is 0 Å². The summed E-state index contributed by atoms with van der Waals surface area (Å²) in [5.74, 6) is 0. The van der Waals surface area contributed by atoms with Gasteiger partial charge in [0.25, 0.3) is 0 Å². The Bertz CT molecular complexity index is 524. The van der Waals surface area contributed by atoms with Crippen LogP contribution >= 0.6 is 0 Å². The molecular formula is C17H17N. The van der Waals surface area contributed by atoms with Gasteiger partial charge in [0.2, 0.25) is 0 Å². The lowest BCUT2D eigenvalue weighted by Gasteiger charge is -1.97. The van der Waals surface area contributed by atoms with E-state index in [1.54, 1.807) is 0 Å². The average Bonchev–Trinajstić information content (AvgIpc) is 2.41. The van der Waals surface area contributed by atoms with Crippen LogP contribution in [-0.4, -0.2) is 0 Å². The standard InChI is InChI=1S/C17H17N/c18-17(14-16-10-5-2-6-11-16)13-7-12-15-8-3-1-4-9-15/h1-12,14H,13,18H2. The summed E-state index contributed by atoms with van der Waals surface area (Å²) in [6.45, 7) is 0. The van der Waals surface area contributed by atoms with Crippen LogP contribution in [0.25, 0.3) is 12.2 Å². The molecule has 0 aromatic heterocycles. The summed E-state index contributed by atoms with van der Waals surface area (Å²) in [6.07, 6.45) is 6.95. The summed E-state index contributed by atoms with van der Waals surface area (Å²) in [7, 11) is 0. The lowest BCUT2D eigenvalue weighted by Crippen LogP contribution is -1.94. The topological polar surface area (TPSA) is 26.0 Å². The third-order valence-electron chi connectivity index (χ3n) is 2.62. The molecule has 0 aliphatic rings. The van der Waals surface area contributed by atoms with Crippen molar-refractivity contribution in [3.8, 4) is 0 Å². The van der Waals surface area contributed by atoms with Crippen molar-refractivity contribution in [2.24, 2.45) is 5.73 Å². The Kier molecular flexibility index (Phi) is 4.37. The molecule has 0 radical (unpaired) electrons. The monoisotopic (exact) mass is 235 g/mol. The summed E-state index contributed by atoms with van der Waals surface area (Å²) in [6, 6.07) is 20.4. The second-order valence-corrected chi connectivity index (χ2v) is 4.15. The van der Waals surface area contributed by atoms with Gasteiger partial charge in [0.05, 0.1) is 0 Å². The number of allylic oxidation sites excluding steroid dienone is 1. The van der Waals surface area contributed by atoms with E-state index in [1.165, 1.54) is 5.56 Å². The second-order valence-electron chi connectivity index (χ2n) is 4.15. The predicted octanol–water partition coefficient (Wildman–Crippen LogP) is 4.09. The zero-order valence-corrected chi connectivity index (χ0v) is 10.3. The van der Waals surface area contributed by atoms with Crippen LogP contribution in [0.15, 0.2) is 72.4 Å². The first-order valence-corrected chi connectivity index (χ1v) is 6.07. The van der Waals surface area contributed by atoms with Crippen LogP contribution in [-0.2, 0) is 0 Å². The fraction of sp³-hybridized carbons (Fsp3) is 0.0588. The number of rotatable bonds is 4. The molecule has 2 aromatic rings.